The van der Waals surface area contributed by atoms with E-state index in [-0.39, 0.29) is 11.0 Å². The Morgan fingerprint density at radius 1 is 1.03 bits per heavy atom. The second kappa shape index (κ2) is 8.45. The summed E-state index contributed by atoms with van der Waals surface area (Å²) in [6.45, 7) is 0. The number of thiocarbonyl (C=S) groups is 1. The summed E-state index contributed by atoms with van der Waals surface area (Å²) in [6, 6.07) is 18.6. The van der Waals surface area contributed by atoms with Crippen LogP contribution in [0.3, 0.4) is 0 Å². The van der Waals surface area contributed by atoms with Crippen LogP contribution in [-0.4, -0.2) is 21.0 Å². The van der Waals surface area contributed by atoms with Gasteiger partial charge in [0.25, 0.3) is 0 Å². The van der Waals surface area contributed by atoms with Gasteiger partial charge in [0.05, 0.1) is 0 Å². The van der Waals surface area contributed by atoms with E-state index in [1.165, 1.54) is 6.08 Å². The van der Waals surface area contributed by atoms with Gasteiger partial charge in [-0.1, -0.05) is 30.3 Å². The number of benzene rings is 2. The maximum absolute atomic E-state index is 12.0. The molecule has 7 heteroatoms. The Kier molecular flexibility index (Phi) is 5.40. The van der Waals surface area contributed by atoms with E-state index in [1.54, 1.807) is 24.5 Å². The molecule has 0 fully saturated rings. The summed E-state index contributed by atoms with van der Waals surface area (Å²) in [5.74, 6) is 0.204. The molecule has 2 aromatic carbocycles. The van der Waals surface area contributed by atoms with E-state index in [1.807, 2.05) is 54.6 Å². The molecule has 1 amide bonds. The molecular formula is C22H16N4O2S. The Morgan fingerprint density at radius 3 is 2.62 bits per heavy atom. The second-order valence-corrected chi connectivity index (χ2v) is 6.53. The van der Waals surface area contributed by atoms with E-state index in [2.05, 4.69) is 20.6 Å². The van der Waals surface area contributed by atoms with Crippen LogP contribution in [0.1, 0.15) is 5.56 Å². The van der Waals surface area contributed by atoms with Gasteiger partial charge in [-0.3, -0.25) is 15.1 Å². The lowest BCUT2D eigenvalue weighted by Crippen LogP contribution is -2.32. The minimum atomic E-state index is -0.311. The molecule has 142 valence electrons. The number of carbonyl (C=O) groups is 1. The van der Waals surface area contributed by atoms with Crippen molar-refractivity contribution < 1.29 is 9.21 Å². The Morgan fingerprint density at radius 2 is 1.83 bits per heavy atom. The number of aromatic nitrogens is 2. The van der Waals surface area contributed by atoms with Crippen molar-refractivity contribution in [2.75, 3.05) is 5.32 Å². The third-order valence-electron chi connectivity index (χ3n) is 4.04. The monoisotopic (exact) mass is 400 g/mol. The molecule has 4 aromatic rings. The first-order valence-corrected chi connectivity index (χ1v) is 9.24. The zero-order valence-electron chi connectivity index (χ0n) is 15.2. The van der Waals surface area contributed by atoms with Crippen molar-refractivity contribution in [3.05, 3.63) is 84.7 Å². The van der Waals surface area contributed by atoms with Gasteiger partial charge >= 0.3 is 0 Å². The van der Waals surface area contributed by atoms with Crippen LogP contribution in [0.2, 0.25) is 0 Å². The lowest BCUT2D eigenvalue weighted by molar-refractivity contribution is -0.115. The Hall–Kier alpha value is -3.84. The number of oxazole rings is 1. The molecule has 2 aromatic heterocycles. The Labute approximate surface area is 172 Å². The molecular weight excluding hydrogens is 384 g/mol. The first-order valence-electron chi connectivity index (χ1n) is 8.83. The van der Waals surface area contributed by atoms with Crippen LogP contribution in [0.25, 0.3) is 28.6 Å². The van der Waals surface area contributed by atoms with Gasteiger partial charge in [-0.2, -0.15) is 0 Å². The third kappa shape index (κ3) is 4.72. The van der Waals surface area contributed by atoms with Crippen molar-refractivity contribution in [1.29, 1.82) is 0 Å². The number of hydrogen-bond donors (Lipinski definition) is 2. The van der Waals surface area contributed by atoms with Crippen molar-refractivity contribution in [3.63, 3.8) is 0 Å². The van der Waals surface area contributed by atoms with Crippen LogP contribution < -0.4 is 10.6 Å². The first kappa shape index (κ1) is 18.5. The van der Waals surface area contributed by atoms with Gasteiger partial charge in [-0.25, -0.2) is 4.98 Å². The molecule has 0 radical (unpaired) electrons. The average Bonchev–Trinajstić information content (AvgIpc) is 3.17. The predicted molar refractivity (Wildman–Crippen MR) is 117 cm³/mol. The van der Waals surface area contributed by atoms with Crippen molar-refractivity contribution in [2.45, 2.75) is 0 Å². The maximum Gasteiger partial charge on any atom is 0.250 e. The second-order valence-electron chi connectivity index (χ2n) is 6.12. The van der Waals surface area contributed by atoms with Gasteiger partial charge < -0.3 is 9.73 Å². The van der Waals surface area contributed by atoms with Crippen molar-refractivity contribution in [2.24, 2.45) is 0 Å². The topological polar surface area (TPSA) is 80.0 Å². The molecule has 0 saturated carbocycles. The molecule has 29 heavy (non-hydrogen) atoms. The Bertz CT molecular complexity index is 1190. The number of amides is 1. The van der Waals surface area contributed by atoms with Crippen molar-refractivity contribution in [3.8, 4) is 11.5 Å². The summed E-state index contributed by atoms with van der Waals surface area (Å²) in [7, 11) is 0. The molecule has 0 aliphatic heterocycles. The van der Waals surface area contributed by atoms with E-state index in [9.17, 15) is 4.79 Å². The highest BCUT2D eigenvalue weighted by atomic mass is 32.1. The van der Waals surface area contributed by atoms with Gasteiger partial charge in [-0.05, 0) is 54.2 Å². The maximum atomic E-state index is 12.0. The van der Waals surface area contributed by atoms with Crippen LogP contribution >= 0.6 is 12.2 Å². The number of anilines is 1. The molecule has 0 atom stereocenters. The molecule has 2 heterocycles. The highest BCUT2D eigenvalue weighted by molar-refractivity contribution is 7.80. The van der Waals surface area contributed by atoms with Crippen LogP contribution in [0, 0.1) is 0 Å². The predicted octanol–water partition coefficient (Wildman–Crippen LogP) is 4.42. The molecule has 2 N–H and O–H groups in total. The van der Waals surface area contributed by atoms with Gasteiger partial charge in [0.1, 0.15) is 5.52 Å². The van der Waals surface area contributed by atoms with E-state index in [0.717, 1.165) is 11.1 Å². The van der Waals surface area contributed by atoms with E-state index < -0.39 is 0 Å². The van der Waals surface area contributed by atoms with E-state index in [0.29, 0.717) is 22.7 Å². The normalized spacial score (nSPS) is 10.9. The molecule has 0 unspecified atom stereocenters. The van der Waals surface area contributed by atoms with Gasteiger partial charge in [0, 0.05) is 29.7 Å². The van der Waals surface area contributed by atoms with Gasteiger partial charge in [0.2, 0.25) is 11.8 Å². The van der Waals surface area contributed by atoms with Crippen LogP contribution in [0.5, 0.6) is 0 Å². The molecule has 6 nitrogen and oxygen atoms in total. The standard InChI is InChI=1S/C22H16N4O2S/c27-20(9-6-15-4-2-1-3-5-15)26-22(29)24-17-7-8-19-18(14-17)25-21(28-19)16-10-12-23-13-11-16/h1-14H,(H2,24,26,27,29). The lowest BCUT2D eigenvalue weighted by atomic mass is 10.2. The van der Waals surface area contributed by atoms with Gasteiger partial charge in [-0.15, -0.1) is 0 Å². The summed E-state index contributed by atoms with van der Waals surface area (Å²) in [6.07, 6.45) is 6.53. The molecule has 0 spiro atoms. The van der Waals surface area contributed by atoms with E-state index >= 15 is 0 Å². The quantitative estimate of drug-likeness (QED) is 0.390. The van der Waals surface area contributed by atoms with Crippen molar-refractivity contribution >= 4 is 46.1 Å². The summed E-state index contributed by atoms with van der Waals surface area (Å²) in [5, 5.41) is 5.81. The zero-order chi connectivity index (χ0) is 20.1. The van der Waals surface area contributed by atoms with Crippen molar-refractivity contribution in [1.82, 2.24) is 15.3 Å². The lowest BCUT2D eigenvalue weighted by Gasteiger charge is -2.07. The average molecular weight is 400 g/mol. The number of pyridine rings is 1. The minimum Gasteiger partial charge on any atom is -0.436 e. The molecule has 0 aliphatic rings. The number of nitrogens with zero attached hydrogens (tertiary/aromatic N) is 2. The molecule has 0 aliphatic carbocycles. The number of fused-ring (bicyclic) bond motifs is 1. The Balaban J connectivity index is 1.41. The summed E-state index contributed by atoms with van der Waals surface area (Å²) in [4.78, 5) is 20.5. The number of rotatable bonds is 4. The third-order valence-corrected chi connectivity index (χ3v) is 4.24. The fourth-order valence-electron chi connectivity index (χ4n) is 2.68. The highest BCUT2D eigenvalue weighted by Gasteiger charge is 2.09. The number of nitrogens with one attached hydrogen (secondary N) is 2. The smallest absolute Gasteiger partial charge is 0.250 e. The van der Waals surface area contributed by atoms with Crippen LogP contribution in [0.4, 0.5) is 5.69 Å². The SMILES string of the molecule is O=C(C=Cc1ccccc1)NC(=S)Nc1ccc2oc(-c3ccncc3)nc2c1. The van der Waals surface area contributed by atoms with Crippen LogP contribution in [-0.2, 0) is 4.79 Å². The summed E-state index contributed by atoms with van der Waals surface area (Å²) >= 11 is 5.22. The summed E-state index contributed by atoms with van der Waals surface area (Å²) < 4.78 is 5.77. The summed E-state index contributed by atoms with van der Waals surface area (Å²) in [5.41, 5.74) is 3.81. The number of carbonyl (C=O) groups excluding carboxylic acids is 1. The fraction of sp³-hybridized carbons (Fsp3) is 0. The van der Waals surface area contributed by atoms with Crippen LogP contribution in [0.15, 0.2) is 83.6 Å². The zero-order valence-corrected chi connectivity index (χ0v) is 16.0. The highest BCUT2D eigenvalue weighted by Crippen LogP contribution is 2.25. The minimum absolute atomic E-state index is 0.199. The van der Waals surface area contributed by atoms with Gasteiger partial charge in [0.15, 0.2) is 10.7 Å². The molecule has 4 rings (SSSR count). The molecule has 0 bridgehead atoms. The number of hydrogen-bond acceptors (Lipinski definition) is 5. The largest absolute Gasteiger partial charge is 0.436 e. The first-order chi connectivity index (χ1) is 14.2. The molecule has 0 saturated heterocycles. The van der Waals surface area contributed by atoms with E-state index in [4.69, 9.17) is 16.6 Å². The fourth-order valence-corrected chi connectivity index (χ4v) is 2.89.